The van der Waals surface area contributed by atoms with E-state index in [4.69, 9.17) is 0 Å². The summed E-state index contributed by atoms with van der Waals surface area (Å²) >= 11 is -3.18. The minimum atomic E-state index is -3.18. The molecule has 0 aliphatic heterocycles. The number of rotatable bonds is 6. The van der Waals surface area contributed by atoms with Crippen molar-refractivity contribution in [1.82, 2.24) is 0 Å². The fraction of sp³-hybridized carbons (Fsp3) is 0.636. The van der Waals surface area contributed by atoms with E-state index >= 15 is 0 Å². The quantitative estimate of drug-likeness (QED) is 0.343. The summed E-state index contributed by atoms with van der Waals surface area (Å²) in [5.74, 6) is 2.74. The van der Waals surface area contributed by atoms with Crippen LogP contribution < -0.4 is 0 Å². The Hall–Kier alpha value is 0.640. The molecule has 0 N–H and O–H groups in total. The van der Waals surface area contributed by atoms with Gasteiger partial charge in [-0.15, -0.1) is 24.8 Å². The van der Waals surface area contributed by atoms with Gasteiger partial charge in [0, 0.05) is 0 Å². The second-order valence-electron chi connectivity index (χ2n) is 9.53. The van der Waals surface area contributed by atoms with Crippen molar-refractivity contribution < 1.29 is 17.4 Å². The first kappa shape index (κ1) is 26.6. The molecule has 26 heavy (non-hydrogen) atoms. The van der Waals surface area contributed by atoms with Crippen molar-refractivity contribution in [3.05, 3.63) is 42.0 Å². The molecule has 150 valence electrons. The van der Waals surface area contributed by atoms with Gasteiger partial charge in [0.1, 0.15) is 0 Å². The van der Waals surface area contributed by atoms with Crippen molar-refractivity contribution in [2.24, 2.45) is 23.7 Å². The summed E-state index contributed by atoms with van der Waals surface area (Å²) in [6.07, 6.45) is 12.3. The van der Waals surface area contributed by atoms with Crippen LogP contribution in [0.2, 0.25) is 9.26 Å². The van der Waals surface area contributed by atoms with Gasteiger partial charge in [0.05, 0.1) is 0 Å². The van der Waals surface area contributed by atoms with E-state index in [0.29, 0.717) is 23.7 Å². The Morgan fingerprint density at radius 3 is 1.35 bits per heavy atom. The maximum atomic E-state index is 2.72. The van der Waals surface area contributed by atoms with Gasteiger partial charge in [0.15, 0.2) is 0 Å². The summed E-state index contributed by atoms with van der Waals surface area (Å²) in [6, 6.07) is 0. The molecule has 0 amide bonds. The van der Waals surface area contributed by atoms with Gasteiger partial charge >= 0.3 is 154 Å². The Morgan fingerprint density at radius 2 is 1.12 bits per heavy atom. The molecular formula is C22H40Cl2SiZr. The first-order chi connectivity index (χ1) is 11.0. The second-order valence-corrected chi connectivity index (χ2v) is 37.9. The average molecular weight is 495 g/mol. The molecule has 0 radical (unpaired) electrons. The second kappa shape index (κ2) is 9.43. The Balaban J connectivity index is 0.00000312. The number of halogens is 2. The fourth-order valence-corrected chi connectivity index (χ4v) is 25.1. The third-order valence-electron chi connectivity index (χ3n) is 6.29. The largest absolute Gasteiger partial charge is 0.147 e. The molecule has 2 aliphatic carbocycles. The minimum Gasteiger partial charge on any atom is -0.147 e. The van der Waals surface area contributed by atoms with E-state index in [-0.39, 0.29) is 24.8 Å². The predicted octanol–water partition coefficient (Wildman–Crippen LogP) is 7.18. The van der Waals surface area contributed by atoms with E-state index in [1.807, 2.05) is 6.56 Å². The molecule has 0 saturated carbocycles. The van der Waals surface area contributed by atoms with E-state index < -0.39 is 17.4 Å². The van der Waals surface area contributed by atoms with Gasteiger partial charge in [-0.25, -0.2) is 0 Å². The van der Waals surface area contributed by atoms with Gasteiger partial charge in [0.25, 0.3) is 0 Å². The van der Waals surface area contributed by atoms with Crippen molar-refractivity contribution in [3.63, 3.8) is 0 Å². The van der Waals surface area contributed by atoms with Gasteiger partial charge in [-0.3, -0.25) is 0 Å². The molecule has 0 aromatic rings. The molecule has 2 rings (SSSR count). The van der Waals surface area contributed by atoms with Crippen LogP contribution in [0.1, 0.15) is 54.4 Å². The molecule has 0 nitrogen and oxygen atoms in total. The van der Waals surface area contributed by atoms with Gasteiger partial charge in [-0.2, -0.15) is 0 Å². The summed E-state index contributed by atoms with van der Waals surface area (Å²) < 4.78 is 9.23. The Labute approximate surface area is 177 Å². The molecule has 0 heterocycles. The zero-order valence-electron chi connectivity index (χ0n) is 18.1. The molecule has 2 unspecified atom stereocenters. The van der Waals surface area contributed by atoms with Gasteiger partial charge in [0.2, 0.25) is 0 Å². The average Bonchev–Trinajstić information content (AvgIpc) is 3.11. The van der Waals surface area contributed by atoms with Crippen molar-refractivity contribution in [2.45, 2.75) is 63.6 Å². The van der Waals surface area contributed by atoms with Crippen LogP contribution in [0, 0.1) is 23.7 Å². The van der Waals surface area contributed by atoms with Gasteiger partial charge in [-0.1, -0.05) is 0 Å². The van der Waals surface area contributed by atoms with E-state index in [1.165, 1.54) is 12.8 Å². The third kappa shape index (κ3) is 4.61. The third-order valence-corrected chi connectivity index (χ3v) is 22.5. The molecule has 0 aromatic heterocycles. The number of hydrogen-bond donors (Lipinski definition) is 0. The van der Waals surface area contributed by atoms with E-state index in [9.17, 15) is 0 Å². The summed E-state index contributed by atoms with van der Waals surface area (Å²) in [5, 5.41) is 0. The zero-order valence-corrected chi connectivity index (χ0v) is 23.6. The van der Waals surface area contributed by atoms with Crippen LogP contribution in [0.15, 0.2) is 42.0 Å². The van der Waals surface area contributed by atoms with Crippen LogP contribution in [0.25, 0.3) is 0 Å². The fourth-order valence-electron chi connectivity index (χ4n) is 5.21. The molecule has 0 spiro atoms. The monoisotopic (exact) mass is 492 g/mol. The van der Waals surface area contributed by atoms with E-state index in [2.05, 4.69) is 82.0 Å². The van der Waals surface area contributed by atoms with Gasteiger partial charge in [-0.05, 0) is 0 Å². The summed E-state index contributed by atoms with van der Waals surface area (Å²) in [6.45, 7) is 16.8. The molecule has 2 aliphatic rings. The minimum absolute atomic E-state index is 0. The Morgan fingerprint density at radius 1 is 0.808 bits per heavy atom. The molecular weight excluding hydrogens is 454 g/mol. The van der Waals surface area contributed by atoms with Crippen LogP contribution in [0.3, 0.4) is 0 Å². The number of hydrogen-bond acceptors (Lipinski definition) is 0. The van der Waals surface area contributed by atoms with Gasteiger partial charge < -0.3 is 0 Å². The maximum absolute atomic E-state index is 3.18. The molecule has 2 atom stereocenters. The number of allylic oxidation sites excluding steroid dienone is 8. The normalized spacial score (nSPS) is 23.2. The summed E-state index contributed by atoms with van der Waals surface area (Å²) in [7, 11) is 0. The molecule has 0 bridgehead atoms. The first-order valence-electron chi connectivity index (χ1n) is 9.94. The van der Waals surface area contributed by atoms with Crippen molar-refractivity contribution in [1.29, 1.82) is 0 Å². The first-order valence-corrected chi connectivity index (χ1v) is 23.2. The van der Waals surface area contributed by atoms with E-state index in [0.717, 1.165) is 0 Å². The topological polar surface area (TPSA) is 0 Å². The summed E-state index contributed by atoms with van der Waals surface area (Å²) in [5.41, 5.74) is 3.33. The van der Waals surface area contributed by atoms with E-state index in [1.54, 1.807) is 11.1 Å². The van der Waals surface area contributed by atoms with Crippen LogP contribution in [0.4, 0.5) is 0 Å². The van der Waals surface area contributed by atoms with Crippen molar-refractivity contribution in [3.8, 4) is 0 Å². The molecule has 4 heteroatoms. The molecule has 0 fully saturated rings. The van der Waals surface area contributed by atoms with Crippen molar-refractivity contribution in [2.75, 3.05) is 0 Å². The van der Waals surface area contributed by atoms with Crippen LogP contribution in [0.5, 0.6) is 0 Å². The standard InChI is InChI=1S/2C10H15.2CH3.2ClH.H2Si.Zr/c2*1-4-9-5-6-10(7-9)8(2)3;;;;;;/h2*5-6,8,10H,4H2,1-3H3;2*1H3;2*1H;1H2;. The zero-order chi connectivity index (χ0) is 18.3. The van der Waals surface area contributed by atoms with Crippen molar-refractivity contribution >= 4 is 31.7 Å². The smallest absolute Gasteiger partial charge is 0.147 e. The predicted molar refractivity (Wildman–Crippen MR) is 124 cm³/mol. The van der Waals surface area contributed by atoms with Crippen LogP contribution in [-0.2, 0) is 17.4 Å². The Bertz CT molecular complexity index is 648. The van der Waals surface area contributed by atoms with Crippen LogP contribution in [-0.4, -0.2) is 6.88 Å². The van der Waals surface area contributed by atoms with Crippen LogP contribution >= 0.6 is 24.8 Å². The maximum Gasteiger partial charge on any atom is -0.147 e. The Kier molecular flexibility index (Phi) is 9.66. The molecule has 0 saturated heterocycles. The molecule has 0 aromatic carbocycles. The SMILES string of the molecule is CCC1=[C]([Zr]([CH3])([CH3])(=[SiH2])[C]2=C(CC)C=CC2C(C)C)C(C(C)C)C=C1.Cl.Cl. The summed E-state index contributed by atoms with van der Waals surface area (Å²) in [4.78, 5) is 0.